The van der Waals surface area contributed by atoms with Crippen LogP contribution in [0.5, 0.6) is 23.0 Å². The lowest BCUT2D eigenvalue weighted by Gasteiger charge is -2.11. The van der Waals surface area contributed by atoms with Crippen molar-refractivity contribution in [2.24, 2.45) is 0 Å². The van der Waals surface area contributed by atoms with Crippen molar-refractivity contribution < 1.29 is 18.9 Å². The summed E-state index contributed by atoms with van der Waals surface area (Å²) in [7, 11) is 1.66. The van der Waals surface area contributed by atoms with E-state index in [0.717, 1.165) is 39.7 Å². The first kappa shape index (κ1) is 22.0. The van der Waals surface area contributed by atoms with Gasteiger partial charge in [-0.3, -0.25) is 0 Å². The zero-order valence-electron chi connectivity index (χ0n) is 18.2. The van der Waals surface area contributed by atoms with Crippen LogP contribution in [0, 0.1) is 0 Å². The molecule has 160 valence electrons. The van der Waals surface area contributed by atoms with Gasteiger partial charge in [0.15, 0.2) is 23.0 Å². The molecule has 0 aliphatic carbocycles. The first-order chi connectivity index (χ1) is 15.2. The lowest BCUT2D eigenvalue weighted by molar-refractivity contribution is 0.174. The molecule has 0 spiro atoms. The standard InChI is InChI=1S/C17H18O2.C10H10O2/c1-3-7-14-10-11-16(17(12-14)18-2)19-13-15-8-5-4-6-9-15;1-2-3-8-4-5-9-10(6-8)12-7-11-9/h3-12H,13H2,1-2H3;2-6H,7H2,1H3. The van der Waals surface area contributed by atoms with Crippen LogP contribution in [0.4, 0.5) is 0 Å². The SMILES string of the molecule is CC=Cc1ccc(OCc2ccccc2)c(OC)c1.CC=Cc1ccc2c(c1)OCO2. The number of benzene rings is 3. The number of hydrogen-bond acceptors (Lipinski definition) is 4. The molecule has 0 saturated heterocycles. The lowest BCUT2D eigenvalue weighted by atomic mass is 10.2. The van der Waals surface area contributed by atoms with E-state index in [1.54, 1.807) is 7.11 Å². The van der Waals surface area contributed by atoms with Gasteiger partial charge >= 0.3 is 0 Å². The summed E-state index contributed by atoms with van der Waals surface area (Å²) >= 11 is 0. The van der Waals surface area contributed by atoms with E-state index in [9.17, 15) is 0 Å². The van der Waals surface area contributed by atoms with Crippen LogP contribution in [-0.2, 0) is 6.61 Å². The molecule has 31 heavy (non-hydrogen) atoms. The summed E-state index contributed by atoms with van der Waals surface area (Å²) in [4.78, 5) is 0. The Morgan fingerprint density at radius 1 is 0.774 bits per heavy atom. The Labute approximate surface area is 184 Å². The smallest absolute Gasteiger partial charge is 0.231 e. The Morgan fingerprint density at radius 2 is 1.45 bits per heavy atom. The van der Waals surface area contributed by atoms with Gasteiger partial charge in [-0.1, -0.05) is 66.8 Å². The fourth-order valence-corrected chi connectivity index (χ4v) is 3.04. The number of ether oxygens (including phenoxy) is 4. The zero-order chi connectivity index (χ0) is 21.9. The average molecular weight is 417 g/mol. The molecular formula is C27H28O4. The van der Waals surface area contributed by atoms with Gasteiger partial charge in [0.2, 0.25) is 6.79 Å². The van der Waals surface area contributed by atoms with Crippen LogP contribution < -0.4 is 18.9 Å². The minimum atomic E-state index is 0.342. The van der Waals surface area contributed by atoms with Crippen LogP contribution in [0.25, 0.3) is 12.2 Å². The second kappa shape index (κ2) is 11.5. The summed E-state index contributed by atoms with van der Waals surface area (Å²) in [6.07, 6.45) is 8.06. The molecule has 0 N–H and O–H groups in total. The highest BCUT2D eigenvalue weighted by Gasteiger charge is 2.11. The zero-order valence-corrected chi connectivity index (χ0v) is 18.2. The Balaban J connectivity index is 0.000000194. The van der Waals surface area contributed by atoms with Crippen molar-refractivity contribution in [3.05, 3.63) is 95.6 Å². The fraction of sp³-hybridized carbons (Fsp3) is 0.185. The number of hydrogen-bond donors (Lipinski definition) is 0. The van der Waals surface area contributed by atoms with Crippen LogP contribution >= 0.6 is 0 Å². The molecule has 0 bridgehead atoms. The van der Waals surface area contributed by atoms with Crippen molar-refractivity contribution in [2.75, 3.05) is 13.9 Å². The van der Waals surface area contributed by atoms with E-state index in [1.807, 2.05) is 105 Å². The summed E-state index contributed by atoms with van der Waals surface area (Å²) in [6.45, 7) is 4.87. The van der Waals surface area contributed by atoms with Crippen LogP contribution in [0.15, 0.2) is 78.9 Å². The van der Waals surface area contributed by atoms with Gasteiger partial charge in [0, 0.05) is 0 Å². The molecule has 0 aromatic heterocycles. The Hall–Kier alpha value is -3.66. The van der Waals surface area contributed by atoms with Crippen LogP contribution in [0.2, 0.25) is 0 Å². The highest BCUT2D eigenvalue weighted by Crippen LogP contribution is 2.32. The highest BCUT2D eigenvalue weighted by molar-refractivity contribution is 5.56. The van der Waals surface area contributed by atoms with Crippen molar-refractivity contribution in [2.45, 2.75) is 20.5 Å². The molecule has 4 nitrogen and oxygen atoms in total. The second-order valence-electron chi connectivity index (χ2n) is 6.80. The minimum Gasteiger partial charge on any atom is -0.493 e. The van der Waals surface area contributed by atoms with Crippen molar-refractivity contribution in [1.82, 2.24) is 0 Å². The third kappa shape index (κ3) is 6.41. The number of fused-ring (bicyclic) bond motifs is 1. The molecular weight excluding hydrogens is 388 g/mol. The van der Waals surface area contributed by atoms with Crippen molar-refractivity contribution in [3.63, 3.8) is 0 Å². The van der Waals surface area contributed by atoms with Crippen LogP contribution in [-0.4, -0.2) is 13.9 Å². The highest BCUT2D eigenvalue weighted by atomic mass is 16.7. The lowest BCUT2D eigenvalue weighted by Crippen LogP contribution is -1.97. The molecule has 0 unspecified atom stereocenters. The monoisotopic (exact) mass is 416 g/mol. The van der Waals surface area contributed by atoms with Crippen LogP contribution in [0.1, 0.15) is 30.5 Å². The molecule has 4 rings (SSSR count). The average Bonchev–Trinajstić information content (AvgIpc) is 3.28. The van der Waals surface area contributed by atoms with E-state index in [0.29, 0.717) is 13.4 Å². The minimum absolute atomic E-state index is 0.342. The predicted octanol–water partition coefficient (Wildman–Crippen LogP) is 6.76. The first-order valence-electron chi connectivity index (χ1n) is 10.2. The van der Waals surface area contributed by atoms with Gasteiger partial charge < -0.3 is 18.9 Å². The van der Waals surface area contributed by atoms with E-state index in [4.69, 9.17) is 18.9 Å². The molecule has 0 fully saturated rings. The van der Waals surface area contributed by atoms with Gasteiger partial charge in [0.25, 0.3) is 0 Å². The molecule has 0 radical (unpaired) electrons. The van der Waals surface area contributed by atoms with Gasteiger partial charge in [-0.05, 0) is 54.8 Å². The van der Waals surface area contributed by atoms with Gasteiger partial charge in [-0.25, -0.2) is 0 Å². The van der Waals surface area contributed by atoms with Crippen molar-refractivity contribution in [1.29, 1.82) is 0 Å². The van der Waals surface area contributed by atoms with E-state index < -0.39 is 0 Å². The molecule has 1 aliphatic rings. The summed E-state index contributed by atoms with van der Waals surface area (Å²) in [5.41, 5.74) is 3.38. The third-order valence-electron chi connectivity index (χ3n) is 4.54. The Bertz CT molecular complexity index is 1020. The van der Waals surface area contributed by atoms with Crippen LogP contribution in [0.3, 0.4) is 0 Å². The first-order valence-corrected chi connectivity index (χ1v) is 10.2. The van der Waals surface area contributed by atoms with Gasteiger partial charge in [-0.15, -0.1) is 0 Å². The predicted molar refractivity (Wildman–Crippen MR) is 126 cm³/mol. The molecule has 3 aromatic carbocycles. The topological polar surface area (TPSA) is 36.9 Å². The summed E-state index contributed by atoms with van der Waals surface area (Å²) in [5, 5.41) is 0. The Morgan fingerprint density at radius 3 is 2.16 bits per heavy atom. The van der Waals surface area contributed by atoms with E-state index in [2.05, 4.69) is 0 Å². The van der Waals surface area contributed by atoms with E-state index >= 15 is 0 Å². The number of methoxy groups -OCH3 is 1. The van der Waals surface area contributed by atoms with E-state index in [-0.39, 0.29) is 0 Å². The second-order valence-corrected chi connectivity index (χ2v) is 6.80. The molecule has 0 atom stereocenters. The maximum absolute atomic E-state index is 5.80. The maximum Gasteiger partial charge on any atom is 0.231 e. The molecule has 1 heterocycles. The van der Waals surface area contributed by atoms with E-state index in [1.165, 1.54) is 0 Å². The number of rotatable bonds is 6. The van der Waals surface area contributed by atoms with Gasteiger partial charge in [-0.2, -0.15) is 0 Å². The molecule has 0 saturated carbocycles. The van der Waals surface area contributed by atoms with Crippen molar-refractivity contribution in [3.8, 4) is 23.0 Å². The summed E-state index contributed by atoms with van der Waals surface area (Å²) < 4.78 is 21.6. The van der Waals surface area contributed by atoms with Gasteiger partial charge in [0.1, 0.15) is 6.61 Å². The molecule has 1 aliphatic heterocycles. The maximum atomic E-state index is 5.80. The summed E-state index contributed by atoms with van der Waals surface area (Å²) in [6, 6.07) is 21.9. The number of allylic oxidation sites excluding steroid dienone is 2. The quantitative estimate of drug-likeness (QED) is 0.445. The van der Waals surface area contributed by atoms with Crippen molar-refractivity contribution >= 4 is 12.2 Å². The van der Waals surface area contributed by atoms with Gasteiger partial charge in [0.05, 0.1) is 7.11 Å². The fourth-order valence-electron chi connectivity index (χ4n) is 3.04. The third-order valence-corrected chi connectivity index (χ3v) is 4.54. The normalized spacial score (nSPS) is 12.0. The Kier molecular flexibility index (Phi) is 8.18. The molecule has 3 aromatic rings. The largest absolute Gasteiger partial charge is 0.493 e. The molecule has 0 amide bonds. The summed E-state index contributed by atoms with van der Waals surface area (Å²) in [5.74, 6) is 3.19. The molecule has 4 heteroatoms.